The minimum Gasteiger partial charge on any atom is -0.478 e. The van der Waals surface area contributed by atoms with E-state index in [4.69, 9.17) is 14.6 Å². The maximum Gasteiger partial charge on any atom is 0.335 e. The van der Waals surface area contributed by atoms with Gasteiger partial charge in [-0.2, -0.15) is 0 Å². The predicted octanol–water partition coefficient (Wildman–Crippen LogP) is 3.56. The summed E-state index contributed by atoms with van der Waals surface area (Å²) in [6.45, 7) is 2.91. The van der Waals surface area contributed by atoms with Gasteiger partial charge >= 0.3 is 5.97 Å². The van der Waals surface area contributed by atoms with E-state index in [1.165, 1.54) is 18.6 Å². The highest BCUT2D eigenvalue weighted by molar-refractivity contribution is 5.87. The van der Waals surface area contributed by atoms with Gasteiger partial charge in [0, 0.05) is 5.56 Å². The highest BCUT2D eigenvalue weighted by atomic mass is 19.1. The molecule has 4 nitrogen and oxygen atoms in total. The van der Waals surface area contributed by atoms with E-state index >= 15 is 0 Å². The zero-order chi connectivity index (χ0) is 15.2. The topological polar surface area (TPSA) is 55.8 Å². The number of unbranched alkanes of at least 4 members (excludes halogenated alkanes) is 2. The summed E-state index contributed by atoms with van der Waals surface area (Å²) in [4.78, 5) is 10.8. The molecule has 0 spiro atoms. The maximum absolute atomic E-state index is 13.9. The van der Waals surface area contributed by atoms with Crippen LogP contribution in [0.15, 0.2) is 18.2 Å². The molecule has 1 fully saturated rings. The van der Waals surface area contributed by atoms with E-state index in [1.807, 2.05) is 0 Å². The van der Waals surface area contributed by atoms with Crippen molar-refractivity contribution in [3.8, 4) is 0 Å². The van der Waals surface area contributed by atoms with Crippen molar-refractivity contribution in [1.29, 1.82) is 0 Å². The van der Waals surface area contributed by atoms with Crippen molar-refractivity contribution in [2.24, 2.45) is 0 Å². The summed E-state index contributed by atoms with van der Waals surface area (Å²) < 4.78 is 25.3. The molecular weight excluding hydrogens is 275 g/mol. The van der Waals surface area contributed by atoms with Gasteiger partial charge < -0.3 is 14.6 Å². The third-order valence-corrected chi connectivity index (χ3v) is 3.69. The molecule has 2 rings (SSSR count). The van der Waals surface area contributed by atoms with Crippen LogP contribution in [-0.2, 0) is 9.47 Å². The van der Waals surface area contributed by atoms with Crippen LogP contribution in [0.5, 0.6) is 0 Å². The molecule has 0 amide bonds. The molecule has 0 saturated carbocycles. The number of carboxylic acid groups (broad SMARTS) is 1. The first kappa shape index (κ1) is 15.9. The number of halogens is 1. The van der Waals surface area contributed by atoms with Crippen molar-refractivity contribution in [2.75, 3.05) is 13.2 Å². The first-order valence-electron chi connectivity index (χ1n) is 7.37. The Hall–Kier alpha value is -1.46. The molecule has 0 aliphatic carbocycles. The lowest BCUT2D eigenvalue weighted by Crippen LogP contribution is -2.31. The van der Waals surface area contributed by atoms with Crippen molar-refractivity contribution >= 4 is 5.97 Å². The van der Waals surface area contributed by atoms with Crippen LogP contribution in [0.3, 0.4) is 0 Å². The predicted molar refractivity (Wildman–Crippen MR) is 75.9 cm³/mol. The molecule has 0 bridgehead atoms. The van der Waals surface area contributed by atoms with Gasteiger partial charge in [-0.3, -0.25) is 0 Å². The fourth-order valence-corrected chi connectivity index (χ4v) is 2.43. The summed E-state index contributed by atoms with van der Waals surface area (Å²) in [6.07, 6.45) is 4.02. The number of aromatic carboxylic acids is 1. The summed E-state index contributed by atoms with van der Waals surface area (Å²) in [5, 5.41) is 8.83. The van der Waals surface area contributed by atoms with E-state index in [2.05, 4.69) is 6.92 Å². The molecule has 0 aromatic heterocycles. The fourth-order valence-electron chi connectivity index (χ4n) is 2.43. The highest BCUT2D eigenvalue weighted by Gasteiger charge is 2.25. The minimum absolute atomic E-state index is 0.0644. The monoisotopic (exact) mass is 296 g/mol. The second-order valence-electron chi connectivity index (χ2n) is 5.31. The lowest BCUT2D eigenvalue weighted by Gasteiger charge is -2.30. The van der Waals surface area contributed by atoms with E-state index in [0.29, 0.717) is 18.8 Å². The zero-order valence-corrected chi connectivity index (χ0v) is 12.2. The summed E-state index contributed by atoms with van der Waals surface area (Å²) in [7, 11) is 0. The molecule has 1 saturated heterocycles. The third kappa shape index (κ3) is 4.25. The Morgan fingerprint density at radius 3 is 2.71 bits per heavy atom. The van der Waals surface area contributed by atoms with Crippen LogP contribution in [0.4, 0.5) is 4.39 Å². The van der Waals surface area contributed by atoms with Gasteiger partial charge in [0.1, 0.15) is 11.9 Å². The van der Waals surface area contributed by atoms with Crippen molar-refractivity contribution in [3.05, 3.63) is 35.1 Å². The van der Waals surface area contributed by atoms with Gasteiger partial charge in [-0.1, -0.05) is 32.3 Å². The Balaban J connectivity index is 1.91. The number of ether oxygens (including phenoxy) is 2. The van der Waals surface area contributed by atoms with E-state index in [-0.39, 0.29) is 11.7 Å². The number of carboxylic acids is 1. The van der Waals surface area contributed by atoms with Gasteiger partial charge in [0.25, 0.3) is 0 Å². The highest BCUT2D eigenvalue weighted by Crippen LogP contribution is 2.27. The normalized spacial score (nSPS) is 22.2. The van der Waals surface area contributed by atoms with Gasteiger partial charge in [-0.15, -0.1) is 0 Å². The molecular formula is C16H21FO4. The Labute approximate surface area is 123 Å². The molecule has 1 aromatic rings. The largest absolute Gasteiger partial charge is 0.478 e. The molecule has 116 valence electrons. The lowest BCUT2D eigenvalue weighted by atomic mass is 10.0. The number of carbonyl (C=O) groups is 1. The zero-order valence-electron chi connectivity index (χ0n) is 12.2. The van der Waals surface area contributed by atoms with Gasteiger partial charge in [-0.05, 0) is 18.6 Å². The smallest absolute Gasteiger partial charge is 0.335 e. The van der Waals surface area contributed by atoms with Crippen molar-refractivity contribution in [1.82, 2.24) is 0 Å². The molecule has 1 aliphatic heterocycles. The average Bonchev–Trinajstić information content (AvgIpc) is 2.48. The lowest BCUT2D eigenvalue weighted by molar-refractivity contribution is -0.138. The number of rotatable bonds is 6. The summed E-state index contributed by atoms with van der Waals surface area (Å²) in [5.74, 6) is -1.70. The minimum atomic E-state index is -1.14. The fraction of sp³-hybridized carbons (Fsp3) is 0.562. The van der Waals surface area contributed by atoms with Crippen molar-refractivity contribution < 1.29 is 23.8 Å². The molecule has 1 heterocycles. The molecule has 5 heteroatoms. The summed E-state index contributed by atoms with van der Waals surface area (Å²) >= 11 is 0. The van der Waals surface area contributed by atoms with Gasteiger partial charge in [-0.25, -0.2) is 9.18 Å². The van der Waals surface area contributed by atoms with Crippen LogP contribution < -0.4 is 0 Å². The van der Waals surface area contributed by atoms with Crippen molar-refractivity contribution in [3.63, 3.8) is 0 Å². The number of hydrogen-bond acceptors (Lipinski definition) is 3. The quantitative estimate of drug-likeness (QED) is 0.815. The van der Waals surface area contributed by atoms with E-state index in [0.717, 1.165) is 25.3 Å². The van der Waals surface area contributed by atoms with E-state index in [1.54, 1.807) is 0 Å². The molecule has 0 unspecified atom stereocenters. The van der Waals surface area contributed by atoms with Crippen LogP contribution >= 0.6 is 0 Å². The van der Waals surface area contributed by atoms with Crippen LogP contribution in [0, 0.1) is 5.82 Å². The van der Waals surface area contributed by atoms with Crippen LogP contribution in [-0.4, -0.2) is 30.4 Å². The Bertz CT molecular complexity index is 481. The summed E-state index contributed by atoms with van der Waals surface area (Å²) in [6, 6.07) is 3.87. The Kier molecular flexibility index (Phi) is 5.70. The number of hydrogen-bond donors (Lipinski definition) is 1. The maximum atomic E-state index is 13.9. The van der Waals surface area contributed by atoms with Gasteiger partial charge in [0.15, 0.2) is 0 Å². The second kappa shape index (κ2) is 7.52. The molecule has 1 aliphatic rings. The molecule has 1 N–H and O–H groups in total. The molecule has 1 aromatic carbocycles. The van der Waals surface area contributed by atoms with Gasteiger partial charge in [0.2, 0.25) is 0 Å². The average molecular weight is 296 g/mol. The van der Waals surface area contributed by atoms with Crippen LogP contribution in [0.2, 0.25) is 0 Å². The van der Waals surface area contributed by atoms with E-state index in [9.17, 15) is 9.18 Å². The Morgan fingerprint density at radius 2 is 2.14 bits per heavy atom. The Morgan fingerprint density at radius 1 is 1.33 bits per heavy atom. The van der Waals surface area contributed by atoms with Gasteiger partial charge in [0.05, 0.1) is 24.9 Å². The molecule has 0 radical (unpaired) electrons. The van der Waals surface area contributed by atoms with Crippen LogP contribution in [0.25, 0.3) is 0 Å². The SMILES string of the molecule is CCCCC[C@H]1CO[C@H](c2ccc(C(=O)O)cc2F)CO1. The van der Waals surface area contributed by atoms with Crippen molar-refractivity contribution in [2.45, 2.75) is 44.8 Å². The first-order chi connectivity index (χ1) is 10.1. The second-order valence-corrected chi connectivity index (χ2v) is 5.31. The molecule has 21 heavy (non-hydrogen) atoms. The summed E-state index contributed by atoms with van der Waals surface area (Å²) in [5.41, 5.74) is 0.289. The van der Waals surface area contributed by atoms with E-state index < -0.39 is 17.9 Å². The first-order valence-corrected chi connectivity index (χ1v) is 7.37. The van der Waals surface area contributed by atoms with Crippen LogP contribution in [0.1, 0.15) is 54.6 Å². The standard InChI is InChI=1S/C16H21FO4/c1-2-3-4-5-12-9-21-15(10-20-12)13-7-6-11(16(18)19)8-14(13)17/h6-8,12,15H,2-5,9-10H2,1H3,(H,18,19)/t12-,15-/m0/s1. The number of benzene rings is 1. The molecule has 2 atom stereocenters. The third-order valence-electron chi connectivity index (χ3n) is 3.69.